The molecule has 0 amide bonds. The fourth-order valence-electron chi connectivity index (χ4n) is 1.47. The lowest BCUT2D eigenvalue weighted by atomic mass is 9.84. The molecule has 0 saturated carbocycles. The van der Waals surface area contributed by atoms with Gasteiger partial charge in [-0.05, 0) is 24.0 Å². The van der Waals surface area contributed by atoms with Gasteiger partial charge >= 0.3 is 0 Å². The molecule has 0 heterocycles. The van der Waals surface area contributed by atoms with Crippen LogP contribution in [0.2, 0.25) is 0 Å². The van der Waals surface area contributed by atoms with Gasteiger partial charge in [-0.1, -0.05) is 66.2 Å². The van der Waals surface area contributed by atoms with Gasteiger partial charge in [0.25, 0.3) is 5.92 Å². The van der Waals surface area contributed by atoms with E-state index < -0.39 is 5.92 Å². The smallest absolute Gasteiger partial charge is 0.202 e. The van der Waals surface area contributed by atoms with E-state index in [9.17, 15) is 8.78 Å². The summed E-state index contributed by atoms with van der Waals surface area (Å²) in [6.45, 7) is 16.9. The second-order valence-electron chi connectivity index (χ2n) is 5.23. The van der Waals surface area contributed by atoms with E-state index in [0.29, 0.717) is 0 Å². The van der Waals surface area contributed by atoms with Gasteiger partial charge in [0.15, 0.2) is 0 Å². The van der Waals surface area contributed by atoms with Gasteiger partial charge in [-0.3, -0.25) is 0 Å². The van der Waals surface area contributed by atoms with Gasteiger partial charge < -0.3 is 0 Å². The van der Waals surface area contributed by atoms with E-state index in [1.54, 1.807) is 12.1 Å². The molecule has 0 unspecified atom stereocenters. The van der Waals surface area contributed by atoms with Crippen LogP contribution in [0, 0.1) is 6.92 Å². The number of alkyl halides is 2. The Balaban J connectivity index is 0. The Kier molecular flexibility index (Phi) is 8.90. The summed E-state index contributed by atoms with van der Waals surface area (Å²) in [6, 6.07) is 5.12. The van der Waals surface area contributed by atoms with Gasteiger partial charge in [-0.15, -0.1) is 0 Å². The lowest BCUT2D eigenvalue weighted by Gasteiger charge is -2.22. The van der Waals surface area contributed by atoms with Crippen molar-refractivity contribution in [2.24, 2.45) is 0 Å². The molecule has 0 radical (unpaired) electrons. The fraction of sp³-hybridized carbons (Fsp3) is 0.647. The van der Waals surface area contributed by atoms with E-state index in [0.717, 1.165) is 18.1 Å². The third kappa shape index (κ3) is 7.29. The average Bonchev–Trinajstić information content (AvgIpc) is 2.31. The molecule has 0 atom stereocenters. The van der Waals surface area contributed by atoms with Crippen LogP contribution in [0.25, 0.3) is 0 Å². The maximum Gasteiger partial charge on any atom is 0.270 e. The highest BCUT2D eigenvalue weighted by molar-refractivity contribution is 5.35. The molecular weight excluding hydrogens is 242 g/mol. The largest absolute Gasteiger partial charge is 0.270 e. The van der Waals surface area contributed by atoms with Crippen molar-refractivity contribution in [3.8, 4) is 0 Å². The number of aryl methyl sites for hydroxylation is 1. The van der Waals surface area contributed by atoms with Gasteiger partial charge in [0, 0.05) is 12.5 Å². The van der Waals surface area contributed by atoms with Crippen LogP contribution in [0.1, 0.15) is 72.1 Å². The normalized spacial score (nSPS) is 10.9. The van der Waals surface area contributed by atoms with Crippen molar-refractivity contribution >= 4 is 0 Å². The minimum absolute atomic E-state index is 0.0913. The third-order valence-electron chi connectivity index (χ3n) is 2.45. The van der Waals surface area contributed by atoms with Gasteiger partial charge in [-0.2, -0.15) is 0 Å². The van der Waals surface area contributed by atoms with Crippen molar-refractivity contribution in [2.75, 3.05) is 0 Å². The molecule has 1 aromatic rings. The van der Waals surface area contributed by atoms with Crippen molar-refractivity contribution in [1.82, 2.24) is 0 Å². The molecule has 0 N–H and O–H groups in total. The Hall–Kier alpha value is -0.920. The number of benzene rings is 1. The monoisotopic (exact) mass is 272 g/mol. The summed E-state index contributed by atoms with van der Waals surface area (Å²) in [7, 11) is 0. The zero-order chi connectivity index (χ0) is 15.9. The molecular formula is C17H30F2. The molecule has 0 aliphatic heterocycles. The third-order valence-corrected chi connectivity index (χ3v) is 2.45. The zero-order valence-corrected chi connectivity index (χ0v) is 14.0. The van der Waals surface area contributed by atoms with Crippen LogP contribution >= 0.6 is 0 Å². The summed E-state index contributed by atoms with van der Waals surface area (Å²) >= 11 is 0. The van der Waals surface area contributed by atoms with Gasteiger partial charge in [0.1, 0.15) is 0 Å². The lowest BCUT2D eigenvalue weighted by molar-refractivity contribution is 0.0173. The Bertz CT molecular complexity index is 322. The highest BCUT2D eigenvalue weighted by Crippen LogP contribution is 2.32. The van der Waals surface area contributed by atoms with Crippen LogP contribution in [0.3, 0.4) is 0 Å². The first-order chi connectivity index (χ1) is 8.60. The standard InChI is InChI=1S/C13H18F2.2C2H6/c1-9-6-10(12(2,3)4)8-11(7-9)13(5,14)15;2*1-2/h6-8H,1-5H3;2*1-2H3. The van der Waals surface area contributed by atoms with E-state index >= 15 is 0 Å². The van der Waals surface area contributed by atoms with E-state index in [2.05, 4.69) is 0 Å². The first-order valence-corrected chi connectivity index (χ1v) is 7.11. The van der Waals surface area contributed by atoms with E-state index in [4.69, 9.17) is 0 Å². The number of rotatable bonds is 1. The second-order valence-corrected chi connectivity index (χ2v) is 5.23. The first-order valence-electron chi connectivity index (χ1n) is 7.11. The molecule has 2 heteroatoms. The van der Waals surface area contributed by atoms with E-state index in [-0.39, 0.29) is 11.0 Å². The average molecular weight is 272 g/mol. The minimum Gasteiger partial charge on any atom is -0.202 e. The summed E-state index contributed by atoms with van der Waals surface area (Å²) in [5.41, 5.74) is 1.86. The minimum atomic E-state index is -2.76. The molecule has 1 aromatic carbocycles. The number of halogens is 2. The van der Waals surface area contributed by atoms with Crippen LogP contribution in [0.15, 0.2) is 18.2 Å². The predicted molar refractivity (Wildman–Crippen MR) is 82.1 cm³/mol. The summed E-state index contributed by atoms with van der Waals surface area (Å²) in [6.07, 6.45) is 0. The summed E-state index contributed by atoms with van der Waals surface area (Å²) < 4.78 is 26.4. The van der Waals surface area contributed by atoms with Crippen molar-refractivity contribution in [3.63, 3.8) is 0 Å². The highest BCUT2D eigenvalue weighted by atomic mass is 19.3. The van der Waals surface area contributed by atoms with Crippen molar-refractivity contribution in [2.45, 2.75) is 73.7 Å². The molecule has 0 saturated heterocycles. The van der Waals surface area contributed by atoms with Crippen LogP contribution < -0.4 is 0 Å². The summed E-state index contributed by atoms with van der Waals surface area (Å²) in [5, 5.41) is 0. The second kappa shape index (κ2) is 8.29. The van der Waals surface area contributed by atoms with Crippen LogP contribution in [0.5, 0.6) is 0 Å². The van der Waals surface area contributed by atoms with Crippen LogP contribution in [0.4, 0.5) is 8.78 Å². The maximum absolute atomic E-state index is 13.2. The van der Waals surface area contributed by atoms with Crippen molar-refractivity contribution < 1.29 is 8.78 Å². The van der Waals surface area contributed by atoms with Crippen molar-refractivity contribution in [3.05, 3.63) is 34.9 Å². The lowest BCUT2D eigenvalue weighted by Crippen LogP contribution is -2.15. The molecule has 0 spiro atoms. The fourth-order valence-corrected chi connectivity index (χ4v) is 1.47. The molecule has 0 aliphatic rings. The van der Waals surface area contributed by atoms with E-state index in [1.807, 2.05) is 61.5 Å². The Labute approximate surface area is 118 Å². The molecule has 1 rings (SSSR count). The van der Waals surface area contributed by atoms with Crippen molar-refractivity contribution in [1.29, 1.82) is 0 Å². The topological polar surface area (TPSA) is 0 Å². The summed E-state index contributed by atoms with van der Waals surface area (Å²) in [4.78, 5) is 0. The molecule has 112 valence electrons. The number of hydrogen-bond donors (Lipinski definition) is 0. The molecule has 0 bridgehead atoms. The Morgan fingerprint density at radius 2 is 1.11 bits per heavy atom. The Morgan fingerprint density at radius 3 is 1.42 bits per heavy atom. The quantitative estimate of drug-likeness (QED) is 0.550. The number of hydrogen-bond acceptors (Lipinski definition) is 0. The zero-order valence-electron chi connectivity index (χ0n) is 14.0. The van der Waals surface area contributed by atoms with Gasteiger partial charge in [-0.25, -0.2) is 8.78 Å². The predicted octanol–water partition coefficient (Wildman–Crippen LogP) is 6.46. The van der Waals surface area contributed by atoms with Gasteiger partial charge in [0.05, 0.1) is 0 Å². The molecule has 19 heavy (non-hydrogen) atoms. The first kappa shape index (κ1) is 20.4. The van der Waals surface area contributed by atoms with E-state index in [1.165, 1.54) is 0 Å². The highest BCUT2D eigenvalue weighted by Gasteiger charge is 2.26. The van der Waals surface area contributed by atoms with Crippen LogP contribution in [-0.4, -0.2) is 0 Å². The molecule has 0 aromatic heterocycles. The van der Waals surface area contributed by atoms with Crippen LogP contribution in [-0.2, 0) is 11.3 Å². The maximum atomic E-state index is 13.2. The SMILES string of the molecule is CC.CC.Cc1cc(C(C)(C)C)cc(C(C)(F)F)c1. The molecule has 0 nitrogen and oxygen atoms in total. The molecule has 0 aliphatic carbocycles. The summed E-state index contributed by atoms with van der Waals surface area (Å²) in [5.74, 6) is -2.76. The Morgan fingerprint density at radius 1 is 0.737 bits per heavy atom. The molecule has 0 fully saturated rings. The van der Waals surface area contributed by atoms with Gasteiger partial charge in [0.2, 0.25) is 0 Å².